The van der Waals surface area contributed by atoms with Crippen molar-refractivity contribution in [3.05, 3.63) is 34.9 Å². The Balaban J connectivity index is 2.53. The number of halogens is 1. The van der Waals surface area contributed by atoms with E-state index in [-0.39, 0.29) is 0 Å². The van der Waals surface area contributed by atoms with Gasteiger partial charge < -0.3 is 0 Å². The first-order valence-electron chi connectivity index (χ1n) is 5.50. The van der Waals surface area contributed by atoms with Gasteiger partial charge in [-0.15, -0.1) is 0 Å². The van der Waals surface area contributed by atoms with Crippen molar-refractivity contribution in [1.29, 1.82) is 0 Å². The van der Waals surface area contributed by atoms with Crippen molar-refractivity contribution in [2.45, 2.75) is 39.5 Å². The van der Waals surface area contributed by atoms with Gasteiger partial charge in [0.1, 0.15) is 0 Å². The quantitative estimate of drug-likeness (QED) is 0.661. The standard InChI is InChI=1S/C13H19Cl/c1-3-5-11(4-2)10-12-6-8-13(14)9-7-12/h6-9,11H,3-5,10H2,1-2H3. The lowest BCUT2D eigenvalue weighted by molar-refractivity contribution is 0.462. The molecular weight excluding hydrogens is 192 g/mol. The van der Waals surface area contributed by atoms with E-state index in [1.165, 1.54) is 31.2 Å². The predicted molar refractivity (Wildman–Crippen MR) is 63.8 cm³/mol. The molecular formula is C13H19Cl. The van der Waals surface area contributed by atoms with Gasteiger partial charge in [-0.05, 0) is 30.0 Å². The highest BCUT2D eigenvalue weighted by Crippen LogP contribution is 2.18. The van der Waals surface area contributed by atoms with Gasteiger partial charge in [0.2, 0.25) is 0 Å². The van der Waals surface area contributed by atoms with Gasteiger partial charge in [0, 0.05) is 5.02 Å². The van der Waals surface area contributed by atoms with Crippen molar-refractivity contribution in [3.63, 3.8) is 0 Å². The van der Waals surface area contributed by atoms with E-state index in [4.69, 9.17) is 11.6 Å². The monoisotopic (exact) mass is 210 g/mol. The van der Waals surface area contributed by atoms with E-state index in [0.717, 1.165) is 10.9 Å². The molecule has 0 aliphatic carbocycles. The molecule has 1 aromatic rings. The van der Waals surface area contributed by atoms with Crippen molar-refractivity contribution in [2.24, 2.45) is 5.92 Å². The molecule has 1 aromatic carbocycles. The summed E-state index contributed by atoms with van der Waals surface area (Å²) >= 11 is 5.84. The first-order chi connectivity index (χ1) is 6.76. The van der Waals surface area contributed by atoms with Crippen LogP contribution in [-0.2, 0) is 6.42 Å². The molecule has 0 aliphatic heterocycles. The van der Waals surface area contributed by atoms with Crippen LogP contribution in [0.25, 0.3) is 0 Å². The fraction of sp³-hybridized carbons (Fsp3) is 0.538. The van der Waals surface area contributed by atoms with Crippen molar-refractivity contribution in [1.82, 2.24) is 0 Å². The van der Waals surface area contributed by atoms with Crippen LogP contribution in [0.3, 0.4) is 0 Å². The maximum Gasteiger partial charge on any atom is 0.0406 e. The van der Waals surface area contributed by atoms with Crippen LogP contribution in [0.1, 0.15) is 38.7 Å². The topological polar surface area (TPSA) is 0 Å². The Kier molecular flexibility index (Phi) is 5.03. The summed E-state index contributed by atoms with van der Waals surface area (Å²) in [5.74, 6) is 0.834. The molecule has 0 aliphatic rings. The summed E-state index contributed by atoms with van der Waals surface area (Å²) in [5, 5.41) is 0.831. The van der Waals surface area contributed by atoms with Gasteiger partial charge in [0.05, 0.1) is 0 Å². The van der Waals surface area contributed by atoms with Gasteiger partial charge in [-0.2, -0.15) is 0 Å². The molecule has 1 heteroatoms. The fourth-order valence-corrected chi connectivity index (χ4v) is 1.94. The average Bonchev–Trinajstić information content (AvgIpc) is 2.20. The van der Waals surface area contributed by atoms with Crippen molar-refractivity contribution >= 4 is 11.6 Å². The second-order valence-corrected chi connectivity index (χ2v) is 4.33. The Morgan fingerprint density at radius 2 is 1.79 bits per heavy atom. The molecule has 0 N–H and O–H groups in total. The molecule has 0 nitrogen and oxygen atoms in total. The van der Waals surface area contributed by atoms with Crippen LogP contribution in [0.5, 0.6) is 0 Å². The van der Waals surface area contributed by atoms with Crippen molar-refractivity contribution in [3.8, 4) is 0 Å². The molecule has 0 fully saturated rings. The zero-order chi connectivity index (χ0) is 10.4. The summed E-state index contributed by atoms with van der Waals surface area (Å²) in [6.07, 6.45) is 5.09. The zero-order valence-corrected chi connectivity index (χ0v) is 9.85. The van der Waals surface area contributed by atoms with Gasteiger partial charge in [0.15, 0.2) is 0 Å². The lowest BCUT2D eigenvalue weighted by Gasteiger charge is -2.13. The average molecular weight is 211 g/mol. The van der Waals surface area contributed by atoms with Crippen molar-refractivity contribution < 1.29 is 0 Å². The Labute approximate surface area is 92.3 Å². The molecule has 0 radical (unpaired) electrons. The van der Waals surface area contributed by atoms with E-state index in [0.29, 0.717) is 0 Å². The van der Waals surface area contributed by atoms with E-state index in [1.807, 2.05) is 12.1 Å². The minimum atomic E-state index is 0.831. The molecule has 1 unspecified atom stereocenters. The molecule has 0 saturated heterocycles. The summed E-state index contributed by atoms with van der Waals surface area (Å²) in [7, 11) is 0. The molecule has 0 spiro atoms. The molecule has 0 heterocycles. The third-order valence-electron chi connectivity index (χ3n) is 2.71. The van der Waals surface area contributed by atoms with E-state index >= 15 is 0 Å². The minimum absolute atomic E-state index is 0.831. The smallest absolute Gasteiger partial charge is 0.0406 e. The van der Waals surface area contributed by atoms with Crippen molar-refractivity contribution in [2.75, 3.05) is 0 Å². The third kappa shape index (κ3) is 3.71. The summed E-state index contributed by atoms with van der Waals surface area (Å²) < 4.78 is 0. The van der Waals surface area contributed by atoms with Crippen LogP contribution in [0, 0.1) is 5.92 Å². The maximum atomic E-state index is 5.84. The maximum absolute atomic E-state index is 5.84. The third-order valence-corrected chi connectivity index (χ3v) is 2.96. The van der Waals surface area contributed by atoms with Gasteiger partial charge >= 0.3 is 0 Å². The number of hydrogen-bond acceptors (Lipinski definition) is 0. The second kappa shape index (κ2) is 6.08. The van der Waals surface area contributed by atoms with E-state index in [2.05, 4.69) is 26.0 Å². The normalized spacial score (nSPS) is 12.8. The molecule has 78 valence electrons. The summed E-state index contributed by atoms with van der Waals surface area (Å²) in [6.45, 7) is 4.53. The Morgan fingerprint density at radius 1 is 1.14 bits per heavy atom. The summed E-state index contributed by atoms with van der Waals surface area (Å²) in [6, 6.07) is 8.24. The number of hydrogen-bond donors (Lipinski definition) is 0. The highest BCUT2D eigenvalue weighted by molar-refractivity contribution is 6.30. The lowest BCUT2D eigenvalue weighted by atomic mass is 9.93. The highest BCUT2D eigenvalue weighted by atomic mass is 35.5. The molecule has 1 atom stereocenters. The van der Waals surface area contributed by atoms with Gasteiger partial charge in [-0.1, -0.05) is 56.8 Å². The molecule has 0 saturated carbocycles. The lowest BCUT2D eigenvalue weighted by Crippen LogP contribution is -2.02. The molecule has 0 amide bonds. The van der Waals surface area contributed by atoms with Crippen LogP contribution in [0.4, 0.5) is 0 Å². The van der Waals surface area contributed by atoms with Gasteiger partial charge in [-0.25, -0.2) is 0 Å². The van der Waals surface area contributed by atoms with Gasteiger partial charge in [-0.3, -0.25) is 0 Å². The second-order valence-electron chi connectivity index (χ2n) is 3.89. The summed E-state index contributed by atoms with van der Waals surface area (Å²) in [5.41, 5.74) is 1.41. The van der Waals surface area contributed by atoms with Crippen LogP contribution in [0.2, 0.25) is 5.02 Å². The van der Waals surface area contributed by atoms with Crippen LogP contribution in [-0.4, -0.2) is 0 Å². The molecule has 14 heavy (non-hydrogen) atoms. The Bertz CT molecular complexity index is 250. The van der Waals surface area contributed by atoms with E-state index < -0.39 is 0 Å². The van der Waals surface area contributed by atoms with Crippen LogP contribution < -0.4 is 0 Å². The van der Waals surface area contributed by atoms with Gasteiger partial charge in [0.25, 0.3) is 0 Å². The minimum Gasteiger partial charge on any atom is -0.0843 e. The molecule has 1 rings (SSSR count). The number of benzene rings is 1. The SMILES string of the molecule is CCCC(CC)Cc1ccc(Cl)cc1. The first-order valence-corrected chi connectivity index (χ1v) is 5.88. The fourth-order valence-electron chi connectivity index (χ4n) is 1.81. The largest absolute Gasteiger partial charge is 0.0843 e. The van der Waals surface area contributed by atoms with E-state index in [1.54, 1.807) is 0 Å². The summed E-state index contributed by atoms with van der Waals surface area (Å²) in [4.78, 5) is 0. The first kappa shape index (κ1) is 11.6. The molecule has 0 bridgehead atoms. The predicted octanol–water partition coefficient (Wildman–Crippen LogP) is 4.71. The Hall–Kier alpha value is -0.490. The molecule has 0 aromatic heterocycles. The number of rotatable bonds is 5. The highest BCUT2D eigenvalue weighted by Gasteiger charge is 2.05. The van der Waals surface area contributed by atoms with Crippen LogP contribution in [0.15, 0.2) is 24.3 Å². The Morgan fingerprint density at radius 3 is 2.29 bits per heavy atom. The zero-order valence-electron chi connectivity index (χ0n) is 9.09. The van der Waals surface area contributed by atoms with E-state index in [9.17, 15) is 0 Å². The van der Waals surface area contributed by atoms with Crippen LogP contribution >= 0.6 is 11.6 Å².